The first-order valence-electron chi connectivity index (χ1n) is 8.30. The summed E-state index contributed by atoms with van der Waals surface area (Å²) >= 11 is 1.82. The van der Waals surface area contributed by atoms with Crippen molar-refractivity contribution in [3.63, 3.8) is 0 Å². The van der Waals surface area contributed by atoms with Crippen LogP contribution in [0.3, 0.4) is 0 Å². The first kappa shape index (κ1) is 16.3. The summed E-state index contributed by atoms with van der Waals surface area (Å²) in [6, 6.07) is 6.39. The maximum Gasteiger partial charge on any atom is 0.214 e. The third kappa shape index (κ3) is 3.42. The number of hydrogen-bond donors (Lipinski definition) is 1. The Morgan fingerprint density at radius 2 is 2.17 bits per heavy atom. The van der Waals surface area contributed by atoms with E-state index in [1.165, 1.54) is 9.75 Å². The predicted molar refractivity (Wildman–Crippen MR) is 94.4 cm³/mol. The van der Waals surface area contributed by atoms with Crippen LogP contribution in [0.15, 0.2) is 24.4 Å². The van der Waals surface area contributed by atoms with Crippen LogP contribution in [0, 0.1) is 6.92 Å². The minimum absolute atomic E-state index is 0.0401. The van der Waals surface area contributed by atoms with E-state index in [-0.39, 0.29) is 11.3 Å². The van der Waals surface area contributed by atoms with E-state index in [9.17, 15) is 8.42 Å². The van der Waals surface area contributed by atoms with Crippen molar-refractivity contribution in [2.24, 2.45) is 0 Å². The average molecular weight is 367 g/mol. The lowest BCUT2D eigenvalue weighted by Gasteiger charge is -2.33. The van der Waals surface area contributed by atoms with Crippen LogP contribution in [0.4, 0.5) is 0 Å². The molecule has 0 bridgehead atoms. The highest BCUT2D eigenvalue weighted by molar-refractivity contribution is 7.90. The molecule has 0 amide bonds. The average Bonchev–Trinajstić information content (AvgIpc) is 3.18. The zero-order valence-corrected chi connectivity index (χ0v) is 15.3. The number of rotatable bonds is 6. The normalized spacial score (nSPS) is 21.8. The fourth-order valence-electron chi connectivity index (χ4n) is 3.24. The van der Waals surface area contributed by atoms with Gasteiger partial charge in [-0.3, -0.25) is 9.58 Å². The van der Waals surface area contributed by atoms with E-state index < -0.39 is 10.0 Å². The summed E-state index contributed by atoms with van der Waals surface area (Å²) in [5, 5.41) is 4.23. The lowest BCUT2D eigenvalue weighted by molar-refractivity contribution is 0.169. The Labute approximate surface area is 146 Å². The second kappa shape index (κ2) is 6.25. The minimum atomic E-state index is -3.15. The van der Waals surface area contributed by atoms with Gasteiger partial charge in [0.25, 0.3) is 0 Å². The third-order valence-corrected chi connectivity index (χ3v) is 7.52. The maximum atomic E-state index is 12.1. The highest BCUT2D eigenvalue weighted by atomic mass is 32.2. The molecule has 2 aromatic heterocycles. The molecule has 2 aliphatic rings. The standard InChI is InChI=1S/C16H22N4O2S2/c1-12-2-3-15(23-12)11-19-9-13-6-7-17-20(13)14(10-19)8-18-24(21,22)16-4-5-16/h2-3,6-7,14,16,18H,4-5,8-11H2,1H3. The van der Waals surface area contributed by atoms with Crippen molar-refractivity contribution in [2.45, 2.75) is 44.1 Å². The molecule has 1 fully saturated rings. The zero-order chi connectivity index (χ0) is 16.7. The molecule has 1 saturated carbocycles. The van der Waals surface area contributed by atoms with Gasteiger partial charge >= 0.3 is 0 Å². The Morgan fingerprint density at radius 1 is 1.33 bits per heavy atom. The Balaban J connectivity index is 1.46. The highest BCUT2D eigenvalue weighted by Gasteiger charge is 2.36. The van der Waals surface area contributed by atoms with E-state index in [0.29, 0.717) is 6.54 Å². The number of fused-ring (bicyclic) bond motifs is 1. The molecule has 6 nitrogen and oxygen atoms in total. The van der Waals surface area contributed by atoms with Gasteiger partial charge in [-0.15, -0.1) is 11.3 Å². The lowest BCUT2D eigenvalue weighted by atomic mass is 10.2. The molecule has 24 heavy (non-hydrogen) atoms. The van der Waals surface area contributed by atoms with Crippen molar-refractivity contribution in [1.82, 2.24) is 19.4 Å². The molecule has 0 saturated heterocycles. The van der Waals surface area contributed by atoms with Crippen LogP contribution in [0.25, 0.3) is 0 Å². The predicted octanol–water partition coefficient (Wildman–Crippen LogP) is 1.89. The fourth-order valence-corrected chi connectivity index (χ4v) is 5.59. The van der Waals surface area contributed by atoms with E-state index in [0.717, 1.165) is 38.2 Å². The monoisotopic (exact) mass is 366 g/mol. The Kier molecular flexibility index (Phi) is 4.24. The van der Waals surface area contributed by atoms with Gasteiger partial charge in [-0.05, 0) is 38.0 Å². The topological polar surface area (TPSA) is 67.2 Å². The fraction of sp³-hybridized carbons (Fsp3) is 0.562. The molecule has 0 radical (unpaired) electrons. The molecule has 3 heterocycles. The second-order valence-electron chi connectivity index (χ2n) is 6.70. The summed E-state index contributed by atoms with van der Waals surface area (Å²) in [4.78, 5) is 5.04. The van der Waals surface area contributed by atoms with Crippen molar-refractivity contribution in [1.29, 1.82) is 0 Å². The molecular formula is C16H22N4O2S2. The largest absolute Gasteiger partial charge is 0.290 e. The molecule has 130 valence electrons. The molecule has 0 spiro atoms. The number of sulfonamides is 1. The van der Waals surface area contributed by atoms with Gasteiger partial charge in [-0.25, -0.2) is 13.1 Å². The van der Waals surface area contributed by atoms with Gasteiger partial charge in [-0.1, -0.05) is 0 Å². The summed E-state index contributed by atoms with van der Waals surface area (Å²) < 4.78 is 29.0. The molecule has 1 N–H and O–H groups in total. The third-order valence-electron chi connectivity index (χ3n) is 4.61. The molecule has 1 aliphatic heterocycles. The van der Waals surface area contributed by atoms with Crippen molar-refractivity contribution in [3.05, 3.63) is 39.8 Å². The quantitative estimate of drug-likeness (QED) is 0.848. The van der Waals surface area contributed by atoms with Crippen LogP contribution in [0.5, 0.6) is 0 Å². The molecule has 0 aromatic carbocycles. The maximum absolute atomic E-state index is 12.1. The molecule has 1 unspecified atom stereocenters. The van der Waals surface area contributed by atoms with Gasteiger partial charge in [-0.2, -0.15) is 5.10 Å². The molecule has 1 atom stereocenters. The second-order valence-corrected chi connectivity index (χ2v) is 10.1. The molecule has 8 heteroatoms. The molecule has 4 rings (SSSR count). The van der Waals surface area contributed by atoms with Crippen molar-refractivity contribution in [2.75, 3.05) is 13.1 Å². The molecular weight excluding hydrogens is 344 g/mol. The van der Waals surface area contributed by atoms with Crippen LogP contribution < -0.4 is 4.72 Å². The highest BCUT2D eigenvalue weighted by Crippen LogP contribution is 2.28. The van der Waals surface area contributed by atoms with Crippen molar-refractivity contribution >= 4 is 21.4 Å². The van der Waals surface area contributed by atoms with E-state index in [1.54, 1.807) is 6.20 Å². The summed E-state index contributed by atoms with van der Waals surface area (Å²) in [6.07, 6.45) is 3.38. The summed E-state index contributed by atoms with van der Waals surface area (Å²) in [5.74, 6) is 0. The van der Waals surface area contributed by atoms with Crippen molar-refractivity contribution < 1.29 is 8.42 Å². The number of hydrogen-bond acceptors (Lipinski definition) is 5. The van der Waals surface area contributed by atoms with Crippen LogP contribution in [0.2, 0.25) is 0 Å². The Morgan fingerprint density at radius 3 is 2.88 bits per heavy atom. The van der Waals surface area contributed by atoms with Crippen molar-refractivity contribution in [3.8, 4) is 0 Å². The Hall–Kier alpha value is -1.22. The molecule has 2 aromatic rings. The number of aromatic nitrogens is 2. The minimum Gasteiger partial charge on any atom is -0.290 e. The van der Waals surface area contributed by atoms with Gasteiger partial charge in [0.1, 0.15) is 0 Å². The Bertz CT molecular complexity index is 823. The van der Waals surface area contributed by atoms with Crippen LogP contribution in [-0.2, 0) is 23.1 Å². The first-order valence-corrected chi connectivity index (χ1v) is 10.7. The number of aryl methyl sites for hydroxylation is 1. The zero-order valence-electron chi connectivity index (χ0n) is 13.7. The summed E-state index contributed by atoms with van der Waals surface area (Å²) in [5.41, 5.74) is 1.14. The van der Waals surface area contributed by atoms with Crippen LogP contribution >= 0.6 is 11.3 Å². The summed E-state index contributed by atoms with van der Waals surface area (Å²) in [6.45, 7) is 5.08. The van der Waals surface area contributed by atoms with Gasteiger partial charge in [0.15, 0.2) is 0 Å². The van der Waals surface area contributed by atoms with E-state index in [4.69, 9.17) is 0 Å². The lowest BCUT2D eigenvalue weighted by Crippen LogP contribution is -2.43. The first-order chi connectivity index (χ1) is 11.5. The van der Waals surface area contributed by atoms with Crippen LogP contribution in [-0.4, -0.2) is 41.4 Å². The van der Waals surface area contributed by atoms with Gasteiger partial charge in [0.2, 0.25) is 10.0 Å². The SMILES string of the molecule is Cc1ccc(CN2Cc3ccnn3C(CNS(=O)(=O)C3CC3)C2)s1. The molecule has 1 aliphatic carbocycles. The van der Waals surface area contributed by atoms with E-state index >= 15 is 0 Å². The summed E-state index contributed by atoms with van der Waals surface area (Å²) in [7, 11) is -3.15. The number of thiophene rings is 1. The van der Waals surface area contributed by atoms with E-state index in [2.05, 4.69) is 33.8 Å². The van der Waals surface area contributed by atoms with Gasteiger partial charge in [0, 0.05) is 42.1 Å². The number of nitrogens with zero attached hydrogens (tertiary/aromatic N) is 3. The van der Waals surface area contributed by atoms with Gasteiger partial charge < -0.3 is 0 Å². The van der Waals surface area contributed by atoms with Crippen LogP contribution in [0.1, 0.15) is 34.3 Å². The van der Waals surface area contributed by atoms with E-state index in [1.807, 2.05) is 22.1 Å². The smallest absolute Gasteiger partial charge is 0.214 e. The number of nitrogens with one attached hydrogen (secondary N) is 1. The van der Waals surface area contributed by atoms with Gasteiger partial charge in [0.05, 0.1) is 17.0 Å².